The molecule has 2 aromatic rings. The third-order valence-corrected chi connectivity index (χ3v) is 3.59. The maximum Gasteiger partial charge on any atom is 0.220 e. The zero-order chi connectivity index (χ0) is 16.0. The molecule has 0 aliphatic rings. The van der Waals surface area contributed by atoms with Crippen LogP contribution >= 0.6 is 0 Å². The van der Waals surface area contributed by atoms with Gasteiger partial charge in [-0.25, -0.2) is 4.98 Å². The molecule has 1 heterocycles. The lowest BCUT2D eigenvalue weighted by molar-refractivity contribution is -0.122. The summed E-state index contributed by atoms with van der Waals surface area (Å²) in [6.45, 7) is 7.15. The van der Waals surface area contributed by atoms with Crippen LogP contribution < -0.4 is 5.32 Å². The molecule has 1 atom stereocenters. The van der Waals surface area contributed by atoms with Gasteiger partial charge in [-0.05, 0) is 17.4 Å². The van der Waals surface area contributed by atoms with E-state index in [0.717, 1.165) is 12.0 Å². The highest BCUT2D eigenvalue weighted by molar-refractivity contribution is 5.76. The fourth-order valence-corrected chi connectivity index (χ4v) is 2.28. The van der Waals surface area contributed by atoms with Gasteiger partial charge in [0.15, 0.2) is 0 Å². The van der Waals surface area contributed by atoms with Crippen LogP contribution in [0.15, 0.2) is 49.1 Å². The minimum Gasteiger partial charge on any atom is -0.347 e. The van der Waals surface area contributed by atoms with Gasteiger partial charge in [0, 0.05) is 25.4 Å². The highest BCUT2D eigenvalue weighted by atomic mass is 16.1. The fourth-order valence-electron chi connectivity index (χ4n) is 2.28. The molecule has 0 spiro atoms. The van der Waals surface area contributed by atoms with E-state index in [1.54, 1.807) is 12.5 Å². The maximum absolute atomic E-state index is 12.3. The summed E-state index contributed by atoms with van der Waals surface area (Å²) in [5, 5.41) is 3.16. The van der Waals surface area contributed by atoms with Crippen molar-refractivity contribution in [2.24, 2.45) is 5.41 Å². The number of hydrogen-bond donors (Lipinski definition) is 1. The van der Waals surface area contributed by atoms with Crippen molar-refractivity contribution >= 4 is 5.91 Å². The Morgan fingerprint density at radius 2 is 2.00 bits per heavy atom. The number of benzene rings is 1. The first-order valence-corrected chi connectivity index (χ1v) is 7.74. The standard InChI is InChI=1S/C18H25N3O/c1-18(2,3)10-9-17(22)20-16(13-21-12-11-19-14-21)15-7-5-4-6-8-15/h4-8,11-12,14,16H,9-10,13H2,1-3H3,(H,20,22)/t16-/m0/s1. The number of amides is 1. The summed E-state index contributed by atoms with van der Waals surface area (Å²) in [6.07, 6.45) is 6.88. The Kier molecular flexibility index (Phi) is 5.36. The molecule has 0 saturated heterocycles. The van der Waals surface area contributed by atoms with Crippen LogP contribution in [0.5, 0.6) is 0 Å². The second kappa shape index (κ2) is 7.25. The summed E-state index contributed by atoms with van der Waals surface area (Å²) in [7, 11) is 0. The van der Waals surface area contributed by atoms with Gasteiger partial charge in [-0.2, -0.15) is 0 Å². The zero-order valence-electron chi connectivity index (χ0n) is 13.6. The zero-order valence-corrected chi connectivity index (χ0v) is 13.6. The second-order valence-corrected chi connectivity index (χ2v) is 6.85. The van der Waals surface area contributed by atoms with Crippen molar-refractivity contribution in [1.29, 1.82) is 0 Å². The van der Waals surface area contributed by atoms with Crippen molar-refractivity contribution < 1.29 is 4.79 Å². The molecule has 0 aliphatic heterocycles. The van der Waals surface area contributed by atoms with E-state index in [9.17, 15) is 4.79 Å². The number of hydrogen-bond acceptors (Lipinski definition) is 2. The summed E-state index contributed by atoms with van der Waals surface area (Å²) in [6, 6.07) is 10.0. The number of nitrogens with one attached hydrogen (secondary N) is 1. The number of rotatable bonds is 6. The SMILES string of the molecule is CC(C)(C)CCC(=O)N[C@@H](Cn1ccnc1)c1ccccc1. The number of carbonyl (C=O) groups excluding carboxylic acids is 1. The van der Waals surface area contributed by atoms with Gasteiger partial charge < -0.3 is 9.88 Å². The van der Waals surface area contributed by atoms with E-state index in [4.69, 9.17) is 0 Å². The van der Waals surface area contributed by atoms with Gasteiger partial charge in [0.2, 0.25) is 5.91 Å². The van der Waals surface area contributed by atoms with Crippen molar-refractivity contribution in [3.05, 3.63) is 54.6 Å². The Bertz CT molecular complexity index is 570. The van der Waals surface area contributed by atoms with Crippen LogP contribution in [0.2, 0.25) is 0 Å². The van der Waals surface area contributed by atoms with Gasteiger partial charge in [0.25, 0.3) is 0 Å². The molecule has 4 heteroatoms. The van der Waals surface area contributed by atoms with Crippen LogP contribution in [-0.2, 0) is 11.3 Å². The highest BCUT2D eigenvalue weighted by Crippen LogP contribution is 2.21. The molecule has 1 N–H and O–H groups in total. The Balaban J connectivity index is 2.03. The lowest BCUT2D eigenvalue weighted by atomic mass is 9.90. The summed E-state index contributed by atoms with van der Waals surface area (Å²) < 4.78 is 1.99. The van der Waals surface area contributed by atoms with E-state index in [2.05, 4.69) is 31.1 Å². The van der Waals surface area contributed by atoms with Crippen LogP contribution in [-0.4, -0.2) is 15.5 Å². The largest absolute Gasteiger partial charge is 0.347 e. The van der Waals surface area contributed by atoms with Gasteiger partial charge in [0.1, 0.15) is 0 Å². The molecule has 1 aromatic heterocycles. The van der Waals surface area contributed by atoms with Gasteiger partial charge in [0.05, 0.1) is 12.4 Å². The minimum absolute atomic E-state index is 0.0390. The molecule has 0 unspecified atom stereocenters. The Morgan fingerprint density at radius 1 is 1.27 bits per heavy atom. The van der Waals surface area contributed by atoms with Gasteiger partial charge in [-0.15, -0.1) is 0 Å². The van der Waals surface area contributed by atoms with Gasteiger partial charge >= 0.3 is 0 Å². The average molecular weight is 299 g/mol. The quantitative estimate of drug-likeness (QED) is 0.886. The fraction of sp³-hybridized carbons (Fsp3) is 0.444. The molecule has 0 fully saturated rings. The van der Waals surface area contributed by atoms with Crippen LogP contribution in [0.3, 0.4) is 0 Å². The molecule has 2 rings (SSSR count). The first-order valence-electron chi connectivity index (χ1n) is 7.74. The van der Waals surface area contributed by atoms with Crippen molar-refractivity contribution in [1.82, 2.24) is 14.9 Å². The number of carbonyl (C=O) groups is 1. The van der Waals surface area contributed by atoms with Gasteiger partial charge in [-0.1, -0.05) is 51.1 Å². The normalized spacial score (nSPS) is 12.9. The van der Waals surface area contributed by atoms with Crippen molar-refractivity contribution in [3.63, 3.8) is 0 Å². The first-order chi connectivity index (χ1) is 10.4. The molecule has 0 radical (unpaired) electrons. The molecule has 0 bridgehead atoms. The maximum atomic E-state index is 12.3. The molecule has 0 aliphatic carbocycles. The minimum atomic E-state index is -0.0390. The van der Waals surface area contributed by atoms with Crippen molar-refractivity contribution in [3.8, 4) is 0 Å². The predicted octanol–water partition coefficient (Wildman–Crippen LogP) is 3.57. The lowest BCUT2D eigenvalue weighted by Crippen LogP contribution is -2.31. The predicted molar refractivity (Wildman–Crippen MR) is 88.2 cm³/mol. The third-order valence-electron chi connectivity index (χ3n) is 3.59. The second-order valence-electron chi connectivity index (χ2n) is 6.85. The molecule has 0 saturated carbocycles. The van der Waals surface area contributed by atoms with Crippen LogP contribution in [0.1, 0.15) is 45.2 Å². The summed E-state index contributed by atoms with van der Waals surface area (Å²) >= 11 is 0. The van der Waals surface area contributed by atoms with Gasteiger partial charge in [-0.3, -0.25) is 4.79 Å². The molecule has 1 amide bonds. The monoisotopic (exact) mass is 299 g/mol. The van der Waals surface area contributed by atoms with Crippen LogP contribution in [0, 0.1) is 5.41 Å². The van der Waals surface area contributed by atoms with Crippen molar-refractivity contribution in [2.45, 2.75) is 46.2 Å². The Morgan fingerprint density at radius 3 is 2.59 bits per heavy atom. The van der Waals surface area contributed by atoms with E-state index in [1.165, 1.54) is 0 Å². The highest BCUT2D eigenvalue weighted by Gasteiger charge is 2.17. The summed E-state index contributed by atoms with van der Waals surface area (Å²) in [5.74, 6) is 0.101. The third kappa shape index (κ3) is 5.35. The number of aromatic nitrogens is 2. The van der Waals surface area contributed by atoms with E-state index >= 15 is 0 Å². The van der Waals surface area contributed by atoms with E-state index < -0.39 is 0 Å². The average Bonchev–Trinajstić information content (AvgIpc) is 2.98. The molecule has 4 nitrogen and oxygen atoms in total. The topological polar surface area (TPSA) is 46.9 Å². The Hall–Kier alpha value is -2.10. The molecule has 118 valence electrons. The molecular weight excluding hydrogens is 274 g/mol. The van der Waals surface area contributed by atoms with Crippen molar-refractivity contribution in [2.75, 3.05) is 0 Å². The first kappa shape index (κ1) is 16.3. The lowest BCUT2D eigenvalue weighted by Gasteiger charge is -2.22. The van der Waals surface area contributed by atoms with E-state index in [1.807, 2.05) is 41.1 Å². The van der Waals surface area contributed by atoms with E-state index in [-0.39, 0.29) is 17.4 Å². The Labute approximate surface area is 132 Å². The number of nitrogens with zero attached hydrogens (tertiary/aromatic N) is 2. The molecular formula is C18H25N3O. The summed E-state index contributed by atoms with van der Waals surface area (Å²) in [5.41, 5.74) is 1.28. The smallest absolute Gasteiger partial charge is 0.220 e. The molecule has 22 heavy (non-hydrogen) atoms. The molecule has 1 aromatic carbocycles. The van der Waals surface area contributed by atoms with Crippen LogP contribution in [0.25, 0.3) is 0 Å². The summed E-state index contributed by atoms with van der Waals surface area (Å²) in [4.78, 5) is 16.3. The van der Waals surface area contributed by atoms with Crippen LogP contribution in [0.4, 0.5) is 0 Å². The number of imidazole rings is 1. The van der Waals surface area contributed by atoms with E-state index in [0.29, 0.717) is 13.0 Å².